The van der Waals surface area contributed by atoms with Gasteiger partial charge in [-0.2, -0.15) is 0 Å². The highest BCUT2D eigenvalue weighted by molar-refractivity contribution is 5.81. The summed E-state index contributed by atoms with van der Waals surface area (Å²) >= 11 is 0. The molecule has 0 aromatic carbocycles. The molecule has 1 amide bonds. The van der Waals surface area contributed by atoms with Gasteiger partial charge in [-0.05, 0) is 56.9 Å². The molecule has 1 aliphatic carbocycles. The minimum absolute atomic E-state index is 0.0129. The predicted octanol–water partition coefficient (Wildman–Crippen LogP) is 2.23. The first-order valence-electron chi connectivity index (χ1n) is 8.81. The van der Waals surface area contributed by atoms with E-state index < -0.39 is 0 Å². The second-order valence-electron chi connectivity index (χ2n) is 7.25. The van der Waals surface area contributed by atoms with Crippen molar-refractivity contribution >= 4 is 5.91 Å². The fraction of sp³-hybridized carbons (Fsp3) is 0.941. The van der Waals surface area contributed by atoms with Crippen LogP contribution in [0.1, 0.15) is 57.8 Å². The number of piperidine rings is 1. The third-order valence-electron chi connectivity index (χ3n) is 5.97. The third-order valence-corrected chi connectivity index (χ3v) is 5.97. The second-order valence-corrected chi connectivity index (χ2v) is 7.25. The number of hydrogen-bond donors (Lipinski definition) is 2. The van der Waals surface area contributed by atoms with E-state index in [0.29, 0.717) is 5.92 Å². The average molecular weight is 294 g/mol. The molecule has 120 valence electrons. The summed E-state index contributed by atoms with van der Waals surface area (Å²) in [5.74, 6) is 1.60. The van der Waals surface area contributed by atoms with Crippen LogP contribution in [-0.2, 0) is 9.53 Å². The highest BCUT2D eigenvalue weighted by Gasteiger charge is 2.42. The Hall–Kier alpha value is -0.610. The maximum Gasteiger partial charge on any atom is 0.236 e. The van der Waals surface area contributed by atoms with E-state index in [1.807, 2.05) is 0 Å². The van der Waals surface area contributed by atoms with Crippen molar-refractivity contribution in [3.05, 3.63) is 0 Å². The number of carbonyl (C=O) groups excluding carboxylic acids is 1. The van der Waals surface area contributed by atoms with E-state index in [4.69, 9.17) is 4.74 Å². The maximum atomic E-state index is 11.9. The molecule has 0 aromatic rings. The summed E-state index contributed by atoms with van der Waals surface area (Å²) < 4.78 is 6.23. The van der Waals surface area contributed by atoms with Crippen molar-refractivity contribution in [1.29, 1.82) is 0 Å². The normalized spacial score (nSPS) is 36.3. The van der Waals surface area contributed by atoms with Crippen LogP contribution in [0.4, 0.5) is 0 Å². The summed E-state index contributed by atoms with van der Waals surface area (Å²) in [6.07, 6.45) is 11.2. The molecule has 21 heavy (non-hydrogen) atoms. The standard InChI is InChI=1S/C17H30N2O2/c1-18-16(20)15-11-13(5-9-19-15)14-6-10-21-17(12-14)7-3-2-4-8-17/h13-15,19H,2-12H2,1H3,(H,18,20). The van der Waals surface area contributed by atoms with E-state index in [1.54, 1.807) is 7.05 Å². The summed E-state index contributed by atoms with van der Waals surface area (Å²) in [7, 11) is 1.74. The van der Waals surface area contributed by atoms with Crippen molar-refractivity contribution in [2.24, 2.45) is 11.8 Å². The number of hydrogen-bond acceptors (Lipinski definition) is 3. The van der Waals surface area contributed by atoms with Crippen molar-refractivity contribution < 1.29 is 9.53 Å². The lowest BCUT2D eigenvalue weighted by molar-refractivity contribution is -0.130. The molecule has 4 heteroatoms. The minimum atomic E-state index is 0.0129. The van der Waals surface area contributed by atoms with Gasteiger partial charge in [-0.25, -0.2) is 0 Å². The summed E-state index contributed by atoms with van der Waals surface area (Å²) in [6.45, 7) is 1.91. The van der Waals surface area contributed by atoms with E-state index in [-0.39, 0.29) is 17.6 Å². The van der Waals surface area contributed by atoms with Crippen LogP contribution in [0.15, 0.2) is 0 Å². The first kappa shape index (κ1) is 15.3. The van der Waals surface area contributed by atoms with Crippen LogP contribution in [0.3, 0.4) is 0 Å². The van der Waals surface area contributed by atoms with Gasteiger partial charge in [0, 0.05) is 13.7 Å². The first-order valence-corrected chi connectivity index (χ1v) is 8.81. The zero-order chi connectivity index (χ0) is 14.7. The molecule has 1 spiro atoms. The molecule has 0 bridgehead atoms. The number of nitrogens with one attached hydrogen (secondary N) is 2. The van der Waals surface area contributed by atoms with Gasteiger partial charge in [-0.3, -0.25) is 4.79 Å². The second kappa shape index (κ2) is 6.66. The molecule has 4 nitrogen and oxygen atoms in total. The molecular formula is C17H30N2O2. The van der Waals surface area contributed by atoms with E-state index >= 15 is 0 Å². The molecule has 0 aromatic heterocycles. The summed E-state index contributed by atoms with van der Waals surface area (Å²) in [6, 6.07) is 0.0129. The Kier molecular flexibility index (Phi) is 4.85. The Labute approximate surface area is 128 Å². The number of carbonyl (C=O) groups is 1. The van der Waals surface area contributed by atoms with Gasteiger partial charge >= 0.3 is 0 Å². The Morgan fingerprint density at radius 1 is 1.19 bits per heavy atom. The average Bonchev–Trinajstić information content (AvgIpc) is 2.55. The molecule has 2 heterocycles. The maximum absolute atomic E-state index is 11.9. The van der Waals surface area contributed by atoms with Crippen molar-refractivity contribution in [3.63, 3.8) is 0 Å². The number of ether oxygens (including phenoxy) is 1. The molecule has 3 aliphatic rings. The van der Waals surface area contributed by atoms with Gasteiger partial charge in [0.05, 0.1) is 11.6 Å². The van der Waals surface area contributed by atoms with Crippen molar-refractivity contribution in [2.75, 3.05) is 20.2 Å². The Balaban J connectivity index is 1.61. The lowest BCUT2D eigenvalue weighted by atomic mass is 9.70. The molecule has 3 fully saturated rings. The zero-order valence-corrected chi connectivity index (χ0v) is 13.3. The molecule has 0 radical (unpaired) electrons. The van der Waals surface area contributed by atoms with E-state index in [0.717, 1.165) is 25.5 Å². The monoisotopic (exact) mass is 294 g/mol. The van der Waals surface area contributed by atoms with E-state index in [2.05, 4.69) is 10.6 Å². The van der Waals surface area contributed by atoms with Crippen LogP contribution in [0.2, 0.25) is 0 Å². The minimum Gasteiger partial charge on any atom is -0.375 e. The fourth-order valence-electron chi connectivity index (χ4n) is 4.76. The van der Waals surface area contributed by atoms with Gasteiger partial charge in [0.15, 0.2) is 0 Å². The lowest BCUT2D eigenvalue weighted by Crippen LogP contribution is -2.50. The first-order chi connectivity index (χ1) is 10.2. The lowest BCUT2D eigenvalue weighted by Gasteiger charge is -2.46. The summed E-state index contributed by atoms with van der Waals surface area (Å²) in [4.78, 5) is 11.9. The predicted molar refractivity (Wildman–Crippen MR) is 83.1 cm³/mol. The van der Waals surface area contributed by atoms with Gasteiger partial charge in [-0.15, -0.1) is 0 Å². The quantitative estimate of drug-likeness (QED) is 0.821. The summed E-state index contributed by atoms with van der Waals surface area (Å²) in [5.41, 5.74) is 0.189. The van der Waals surface area contributed by atoms with Gasteiger partial charge < -0.3 is 15.4 Å². The highest BCUT2D eigenvalue weighted by Crippen LogP contribution is 2.44. The van der Waals surface area contributed by atoms with Gasteiger partial charge in [-0.1, -0.05) is 19.3 Å². The van der Waals surface area contributed by atoms with Crippen molar-refractivity contribution in [1.82, 2.24) is 10.6 Å². The Morgan fingerprint density at radius 3 is 2.76 bits per heavy atom. The Morgan fingerprint density at radius 2 is 2.00 bits per heavy atom. The van der Waals surface area contributed by atoms with Crippen LogP contribution >= 0.6 is 0 Å². The van der Waals surface area contributed by atoms with Crippen LogP contribution < -0.4 is 10.6 Å². The smallest absolute Gasteiger partial charge is 0.236 e. The van der Waals surface area contributed by atoms with Gasteiger partial charge in [0.1, 0.15) is 0 Å². The van der Waals surface area contributed by atoms with E-state index in [9.17, 15) is 4.79 Å². The largest absolute Gasteiger partial charge is 0.375 e. The summed E-state index contributed by atoms with van der Waals surface area (Å²) in [5, 5.41) is 6.16. The number of amides is 1. The Bertz CT molecular complexity index is 360. The van der Waals surface area contributed by atoms with E-state index in [1.165, 1.54) is 51.4 Å². The molecule has 1 saturated carbocycles. The van der Waals surface area contributed by atoms with Gasteiger partial charge in [0.2, 0.25) is 5.91 Å². The SMILES string of the molecule is CNC(=O)C1CC(C2CCOC3(CCCCC3)C2)CCN1. The fourth-order valence-corrected chi connectivity index (χ4v) is 4.76. The number of rotatable bonds is 2. The van der Waals surface area contributed by atoms with Crippen LogP contribution in [0.5, 0.6) is 0 Å². The number of likely N-dealkylation sites (N-methyl/N-ethyl adjacent to an activating group) is 1. The molecule has 3 atom stereocenters. The molecule has 3 unspecified atom stereocenters. The van der Waals surface area contributed by atoms with Crippen molar-refractivity contribution in [3.8, 4) is 0 Å². The molecule has 2 N–H and O–H groups in total. The van der Waals surface area contributed by atoms with Gasteiger partial charge in [0.25, 0.3) is 0 Å². The van der Waals surface area contributed by atoms with Crippen molar-refractivity contribution in [2.45, 2.75) is 69.4 Å². The topological polar surface area (TPSA) is 50.4 Å². The molecule has 2 saturated heterocycles. The molecule has 2 aliphatic heterocycles. The third kappa shape index (κ3) is 3.42. The van der Waals surface area contributed by atoms with Crippen LogP contribution in [0, 0.1) is 11.8 Å². The highest BCUT2D eigenvalue weighted by atomic mass is 16.5. The van der Waals surface area contributed by atoms with Crippen LogP contribution in [0.25, 0.3) is 0 Å². The van der Waals surface area contributed by atoms with Crippen LogP contribution in [-0.4, -0.2) is 37.7 Å². The zero-order valence-electron chi connectivity index (χ0n) is 13.3. The molecular weight excluding hydrogens is 264 g/mol. The molecule has 3 rings (SSSR count).